The number of nitro groups is 1. The lowest BCUT2D eigenvalue weighted by molar-refractivity contribution is -0.384. The third-order valence-corrected chi connectivity index (χ3v) is 5.71. The second-order valence-electron chi connectivity index (χ2n) is 5.94. The predicted molar refractivity (Wildman–Crippen MR) is 102 cm³/mol. The first-order chi connectivity index (χ1) is 12.8. The van der Waals surface area contributed by atoms with Crippen LogP contribution in [0.2, 0.25) is 10.0 Å². The van der Waals surface area contributed by atoms with Gasteiger partial charge in [-0.1, -0.05) is 23.2 Å². The van der Waals surface area contributed by atoms with Gasteiger partial charge in [-0.05, 0) is 36.7 Å². The van der Waals surface area contributed by atoms with E-state index in [2.05, 4.69) is 0 Å². The molecule has 0 radical (unpaired) electrons. The van der Waals surface area contributed by atoms with Crippen molar-refractivity contribution in [2.75, 3.05) is 19.6 Å². The lowest BCUT2D eigenvalue weighted by Gasteiger charge is -2.18. The molecule has 3 rings (SSSR count). The van der Waals surface area contributed by atoms with E-state index in [1.807, 2.05) is 0 Å². The summed E-state index contributed by atoms with van der Waals surface area (Å²) in [6, 6.07) is 2.34. The number of hydrogen-bond donors (Lipinski definition) is 0. The number of likely N-dealkylation sites (tertiary alicyclic amines) is 1. The van der Waals surface area contributed by atoms with E-state index >= 15 is 0 Å². The van der Waals surface area contributed by atoms with Crippen LogP contribution in [0, 0.1) is 10.1 Å². The third-order valence-electron chi connectivity index (χ3n) is 4.18. The molecule has 8 nitrogen and oxygen atoms in total. The fraction of sp³-hybridized carbons (Fsp3) is 0.312. The number of imide groups is 1. The molecule has 142 valence electrons. The average molecular weight is 430 g/mol. The Hall–Kier alpha value is -2.10. The Morgan fingerprint density at radius 3 is 2.52 bits per heavy atom. The van der Waals surface area contributed by atoms with Gasteiger partial charge >= 0.3 is 0 Å². The fourth-order valence-electron chi connectivity index (χ4n) is 2.78. The molecule has 0 aromatic heterocycles. The first-order valence-electron chi connectivity index (χ1n) is 7.94. The summed E-state index contributed by atoms with van der Waals surface area (Å²) in [4.78, 5) is 49.7. The molecule has 0 saturated carbocycles. The molecule has 0 unspecified atom stereocenters. The van der Waals surface area contributed by atoms with E-state index in [0.717, 1.165) is 23.8 Å². The molecule has 0 spiro atoms. The molecular weight excluding hydrogens is 417 g/mol. The van der Waals surface area contributed by atoms with Crippen LogP contribution in [0.5, 0.6) is 0 Å². The van der Waals surface area contributed by atoms with Gasteiger partial charge in [-0.15, -0.1) is 0 Å². The van der Waals surface area contributed by atoms with Crippen LogP contribution in [-0.4, -0.2) is 51.4 Å². The number of thioether (sulfide) groups is 1. The van der Waals surface area contributed by atoms with Crippen molar-refractivity contribution < 1.29 is 19.3 Å². The molecule has 2 saturated heterocycles. The molecule has 0 atom stereocenters. The molecule has 0 N–H and O–H groups in total. The number of rotatable bonds is 4. The monoisotopic (exact) mass is 429 g/mol. The Morgan fingerprint density at radius 1 is 1.22 bits per heavy atom. The third kappa shape index (κ3) is 4.10. The Balaban J connectivity index is 1.83. The number of nitro benzene ring substituents is 1. The maximum Gasteiger partial charge on any atom is 0.294 e. The zero-order chi connectivity index (χ0) is 19.7. The number of halogens is 2. The number of benzene rings is 1. The zero-order valence-corrected chi connectivity index (χ0v) is 16.1. The van der Waals surface area contributed by atoms with E-state index < -0.39 is 16.1 Å². The Labute approximate surface area is 168 Å². The van der Waals surface area contributed by atoms with E-state index in [1.165, 1.54) is 12.1 Å². The molecule has 2 aliphatic heterocycles. The van der Waals surface area contributed by atoms with Crippen LogP contribution in [0.25, 0.3) is 6.08 Å². The molecule has 2 heterocycles. The molecule has 0 aliphatic carbocycles. The first kappa shape index (κ1) is 19.7. The van der Waals surface area contributed by atoms with Crippen molar-refractivity contribution in [2.45, 2.75) is 12.8 Å². The van der Waals surface area contributed by atoms with Crippen molar-refractivity contribution in [1.82, 2.24) is 9.80 Å². The number of amides is 3. The zero-order valence-electron chi connectivity index (χ0n) is 13.8. The van der Waals surface area contributed by atoms with Crippen LogP contribution >= 0.6 is 35.0 Å². The highest BCUT2D eigenvalue weighted by Gasteiger charge is 2.37. The first-order valence-corrected chi connectivity index (χ1v) is 9.51. The van der Waals surface area contributed by atoms with Gasteiger partial charge < -0.3 is 4.90 Å². The summed E-state index contributed by atoms with van der Waals surface area (Å²) in [5, 5.41) is 10.4. The second kappa shape index (κ2) is 7.87. The maximum atomic E-state index is 12.5. The van der Waals surface area contributed by atoms with Gasteiger partial charge in [-0.2, -0.15) is 0 Å². The molecule has 27 heavy (non-hydrogen) atoms. The SMILES string of the molecule is O=C(CN1C(=O)S/C(=C\c2cc([N+](=O)[O-])c(Cl)cc2Cl)C1=O)N1CCCC1. The summed E-state index contributed by atoms with van der Waals surface area (Å²) in [6.45, 7) is 0.917. The second-order valence-corrected chi connectivity index (χ2v) is 7.75. The van der Waals surface area contributed by atoms with Gasteiger partial charge in [0, 0.05) is 29.7 Å². The lowest BCUT2D eigenvalue weighted by atomic mass is 10.2. The molecule has 11 heteroatoms. The van der Waals surface area contributed by atoms with Crippen LogP contribution in [0.15, 0.2) is 17.0 Å². The standard InChI is InChI=1S/C16H13Cl2N3O5S/c17-10-7-11(18)12(21(25)26)5-9(10)6-13-15(23)20(16(24)27-13)8-14(22)19-3-1-2-4-19/h5-7H,1-4,8H2/b13-6-. The number of hydrogen-bond acceptors (Lipinski definition) is 6. The van der Waals surface area contributed by atoms with Crippen molar-refractivity contribution in [1.29, 1.82) is 0 Å². The number of carbonyl (C=O) groups excluding carboxylic acids is 3. The van der Waals surface area contributed by atoms with Crippen LogP contribution < -0.4 is 0 Å². The highest BCUT2D eigenvalue weighted by Crippen LogP contribution is 2.36. The molecule has 2 fully saturated rings. The Kier molecular flexibility index (Phi) is 5.73. The van der Waals surface area contributed by atoms with E-state index in [4.69, 9.17) is 23.2 Å². The highest BCUT2D eigenvalue weighted by atomic mass is 35.5. The van der Waals surface area contributed by atoms with Crippen LogP contribution in [0.4, 0.5) is 10.5 Å². The number of nitrogens with zero attached hydrogens (tertiary/aromatic N) is 3. The van der Waals surface area contributed by atoms with Gasteiger partial charge in [0.1, 0.15) is 11.6 Å². The van der Waals surface area contributed by atoms with E-state index in [-0.39, 0.29) is 38.7 Å². The Morgan fingerprint density at radius 2 is 1.89 bits per heavy atom. The number of carbonyl (C=O) groups is 3. The summed E-state index contributed by atoms with van der Waals surface area (Å²) < 4.78 is 0. The lowest BCUT2D eigenvalue weighted by Crippen LogP contribution is -2.40. The van der Waals surface area contributed by atoms with Gasteiger partial charge in [-0.25, -0.2) is 0 Å². The van der Waals surface area contributed by atoms with E-state index in [0.29, 0.717) is 24.9 Å². The summed E-state index contributed by atoms with van der Waals surface area (Å²) in [7, 11) is 0. The van der Waals surface area contributed by atoms with Gasteiger partial charge in [0.05, 0.1) is 9.83 Å². The van der Waals surface area contributed by atoms with Crippen molar-refractivity contribution in [2.24, 2.45) is 0 Å². The summed E-state index contributed by atoms with van der Waals surface area (Å²) in [6.07, 6.45) is 3.10. The topological polar surface area (TPSA) is 101 Å². The minimum Gasteiger partial charge on any atom is -0.341 e. The summed E-state index contributed by atoms with van der Waals surface area (Å²) in [5.74, 6) is -0.914. The smallest absolute Gasteiger partial charge is 0.294 e. The van der Waals surface area contributed by atoms with Gasteiger partial charge in [0.15, 0.2) is 0 Å². The van der Waals surface area contributed by atoms with Crippen LogP contribution in [0.3, 0.4) is 0 Å². The molecule has 0 bridgehead atoms. The largest absolute Gasteiger partial charge is 0.341 e. The summed E-state index contributed by atoms with van der Waals surface area (Å²) in [5.41, 5.74) is -0.181. The van der Waals surface area contributed by atoms with E-state index in [1.54, 1.807) is 4.90 Å². The van der Waals surface area contributed by atoms with Crippen LogP contribution in [0.1, 0.15) is 18.4 Å². The van der Waals surface area contributed by atoms with Crippen molar-refractivity contribution >= 4 is 63.8 Å². The van der Waals surface area contributed by atoms with Crippen molar-refractivity contribution in [3.8, 4) is 0 Å². The fourth-order valence-corrected chi connectivity index (χ4v) is 4.12. The highest BCUT2D eigenvalue weighted by molar-refractivity contribution is 8.18. The van der Waals surface area contributed by atoms with Crippen molar-refractivity contribution in [3.63, 3.8) is 0 Å². The Bertz CT molecular complexity index is 883. The minimum atomic E-state index is -0.670. The van der Waals surface area contributed by atoms with Crippen LogP contribution in [-0.2, 0) is 9.59 Å². The molecule has 2 aliphatic rings. The van der Waals surface area contributed by atoms with Gasteiger partial charge in [-0.3, -0.25) is 29.4 Å². The maximum absolute atomic E-state index is 12.5. The minimum absolute atomic E-state index is 0.0349. The average Bonchev–Trinajstić information content (AvgIpc) is 3.21. The summed E-state index contributed by atoms with van der Waals surface area (Å²) >= 11 is 12.5. The van der Waals surface area contributed by atoms with Gasteiger partial charge in [0.2, 0.25) is 5.91 Å². The predicted octanol–water partition coefficient (Wildman–Crippen LogP) is 3.56. The van der Waals surface area contributed by atoms with Crippen molar-refractivity contribution in [3.05, 3.63) is 42.8 Å². The normalized spacial score (nSPS) is 18.7. The van der Waals surface area contributed by atoms with E-state index in [9.17, 15) is 24.5 Å². The molecule has 1 aromatic carbocycles. The molecule has 1 aromatic rings. The quantitative estimate of drug-likeness (QED) is 0.411. The molecule has 3 amide bonds. The molecular formula is C16H13Cl2N3O5S. The van der Waals surface area contributed by atoms with Gasteiger partial charge in [0.25, 0.3) is 16.8 Å².